The van der Waals surface area contributed by atoms with Crippen molar-refractivity contribution in [2.75, 3.05) is 14.2 Å². The molecule has 27 heavy (non-hydrogen) atoms. The summed E-state index contributed by atoms with van der Waals surface area (Å²) in [5, 5.41) is 1.03. The highest BCUT2D eigenvalue weighted by Gasteiger charge is 2.21. The molecule has 0 saturated heterocycles. The van der Waals surface area contributed by atoms with Gasteiger partial charge < -0.3 is 14.2 Å². The van der Waals surface area contributed by atoms with Gasteiger partial charge in [-0.1, -0.05) is 35.3 Å². The summed E-state index contributed by atoms with van der Waals surface area (Å²) in [6, 6.07) is 10.4. The summed E-state index contributed by atoms with van der Waals surface area (Å²) in [6.07, 6.45) is 4.88. The van der Waals surface area contributed by atoms with Crippen molar-refractivity contribution in [1.82, 2.24) is 0 Å². The van der Waals surface area contributed by atoms with E-state index < -0.39 is 5.97 Å². The number of hydrogen-bond acceptors (Lipinski definition) is 5. The van der Waals surface area contributed by atoms with Crippen LogP contribution in [0.2, 0.25) is 10.0 Å². The van der Waals surface area contributed by atoms with E-state index >= 15 is 0 Å². The number of halogens is 2. The third-order valence-electron chi connectivity index (χ3n) is 3.72. The SMILES string of the molecule is COc1ccc(/C=C2N=C(/C=C/c3ccc(Cl)cc3Cl)OC/2=O)cc1OC. The van der Waals surface area contributed by atoms with Crippen molar-refractivity contribution in [3.63, 3.8) is 0 Å². The summed E-state index contributed by atoms with van der Waals surface area (Å²) in [5.74, 6) is 0.796. The number of methoxy groups -OCH3 is 2. The van der Waals surface area contributed by atoms with Crippen LogP contribution in [0.25, 0.3) is 12.2 Å². The molecule has 0 aromatic heterocycles. The van der Waals surface area contributed by atoms with Crippen LogP contribution in [0.3, 0.4) is 0 Å². The number of benzene rings is 2. The van der Waals surface area contributed by atoms with Gasteiger partial charge in [0.25, 0.3) is 0 Å². The van der Waals surface area contributed by atoms with Crippen molar-refractivity contribution >= 4 is 47.2 Å². The maximum atomic E-state index is 12.1. The average molecular weight is 404 g/mol. The quantitative estimate of drug-likeness (QED) is 0.519. The average Bonchev–Trinajstić information content (AvgIpc) is 3.00. The number of aliphatic imine (C=N–C) groups is 1. The van der Waals surface area contributed by atoms with Gasteiger partial charge in [0.05, 0.1) is 14.2 Å². The fraction of sp³-hybridized carbons (Fsp3) is 0.100. The Morgan fingerprint density at radius 2 is 1.78 bits per heavy atom. The first-order valence-electron chi connectivity index (χ1n) is 7.88. The molecule has 7 heteroatoms. The molecule has 0 amide bonds. The van der Waals surface area contributed by atoms with Crippen molar-refractivity contribution in [3.05, 3.63) is 69.3 Å². The third-order valence-corrected chi connectivity index (χ3v) is 4.28. The molecule has 1 aliphatic rings. The standard InChI is InChI=1S/C20H15Cl2NO4/c1-25-17-7-3-12(10-18(17)26-2)9-16-20(24)27-19(23-16)8-5-13-4-6-14(21)11-15(13)22/h3-11H,1-2H3/b8-5+,16-9+. The first kappa shape index (κ1) is 19.0. The predicted octanol–water partition coefficient (Wildman–Crippen LogP) is 5.02. The first-order chi connectivity index (χ1) is 13.0. The lowest BCUT2D eigenvalue weighted by Gasteiger charge is -2.07. The second-order valence-corrected chi connectivity index (χ2v) is 6.33. The molecule has 5 nitrogen and oxygen atoms in total. The number of nitrogens with zero attached hydrogens (tertiary/aromatic N) is 1. The Kier molecular flexibility index (Phi) is 5.84. The lowest BCUT2D eigenvalue weighted by Crippen LogP contribution is -2.01. The van der Waals surface area contributed by atoms with Gasteiger partial charge in [0.1, 0.15) is 0 Å². The van der Waals surface area contributed by atoms with Crippen LogP contribution >= 0.6 is 23.2 Å². The molecule has 1 heterocycles. The number of cyclic esters (lactones) is 1. The van der Waals surface area contributed by atoms with E-state index in [0.717, 1.165) is 11.1 Å². The van der Waals surface area contributed by atoms with Crippen LogP contribution in [0.4, 0.5) is 0 Å². The summed E-state index contributed by atoms with van der Waals surface area (Å²) in [4.78, 5) is 16.3. The van der Waals surface area contributed by atoms with E-state index in [2.05, 4.69) is 4.99 Å². The number of rotatable bonds is 5. The zero-order valence-electron chi connectivity index (χ0n) is 14.5. The van der Waals surface area contributed by atoms with E-state index in [1.807, 2.05) is 0 Å². The van der Waals surface area contributed by atoms with E-state index in [9.17, 15) is 4.79 Å². The minimum Gasteiger partial charge on any atom is -0.493 e. The fourth-order valence-electron chi connectivity index (χ4n) is 2.40. The predicted molar refractivity (Wildman–Crippen MR) is 107 cm³/mol. The number of carbonyl (C=O) groups is 1. The van der Waals surface area contributed by atoms with Crippen molar-refractivity contribution in [2.45, 2.75) is 0 Å². The van der Waals surface area contributed by atoms with Crippen molar-refractivity contribution < 1.29 is 19.0 Å². The van der Waals surface area contributed by atoms with Crippen LogP contribution in [0.15, 0.2) is 53.2 Å². The monoisotopic (exact) mass is 403 g/mol. The Morgan fingerprint density at radius 3 is 2.48 bits per heavy atom. The van der Waals surface area contributed by atoms with Crippen LogP contribution in [0, 0.1) is 0 Å². The molecule has 0 atom stereocenters. The highest BCUT2D eigenvalue weighted by Crippen LogP contribution is 2.29. The van der Waals surface area contributed by atoms with E-state index in [1.54, 1.807) is 68.8 Å². The molecule has 0 saturated carbocycles. The molecule has 0 radical (unpaired) electrons. The van der Waals surface area contributed by atoms with Crippen LogP contribution in [-0.2, 0) is 9.53 Å². The van der Waals surface area contributed by atoms with E-state index in [1.165, 1.54) is 0 Å². The molecule has 2 aromatic carbocycles. The van der Waals surface area contributed by atoms with Crippen molar-refractivity contribution in [2.24, 2.45) is 4.99 Å². The summed E-state index contributed by atoms with van der Waals surface area (Å²) in [7, 11) is 3.10. The Labute approximate surface area is 166 Å². The van der Waals surface area contributed by atoms with Gasteiger partial charge in [-0.05, 0) is 47.5 Å². The molecule has 0 spiro atoms. The van der Waals surface area contributed by atoms with Crippen molar-refractivity contribution in [1.29, 1.82) is 0 Å². The molecule has 0 fully saturated rings. The first-order valence-corrected chi connectivity index (χ1v) is 8.63. The summed E-state index contributed by atoms with van der Waals surface area (Å²) in [6.45, 7) is 0. The lowest BCUT2D eigenvalue weighted by molar-refractivity contribution is -0.129. The van der Waals surface area contributed by atoms with E-state index in [4.69, 9.17) is 37.4 Å². The molecule has 138 valence electrons. The Bertz CT molecular complexity index is 980. The van der Waals surface area contributed by atoms with Gasteiger partial charge in [0, 0.05) is 16.1 Å². The highest BCUT2D eigenvalue weighted by molar-refractivity contribution is 6.35. The number of ether oxygens (including phenoxy) is 3. The maximum absolute atomic E-state index is 12.1. The molecule has 0 unspecified atom stereocenters. The van der Waals surface area contributed by atoms with Crippen LogP contribution < -0.4 is 9.47 Å². The normalized spacial score (nSPS) is 15.2. The van der Waals surface area contributed by atoms with Gasteiger partial charge in [-0.2, -0.15) is 0 Å². The molecule has 0 aliphatic carbocycles. The minimum atomic E-state index is -0.536. The van der Waals surface area contributed by atoms with Crippen LogP contribution in [0.1, 0.15) is 11.1 Å². The maximum Gasteiger partial charge on any atom is 0.363 e. The second kappa shape index (κ2) is 8.29. The fourth-order valence-corrected chi connectivity index (χ4v) is 2.87. The number of hydrogen-bond donors (Lipinski definition) is 0. The molecular weight excluding hydrogens is 389 g/mol. The van der Waals surface area contributed by atoms with Gasteiger partial charge in [0.2, 0.25) is 5.90 Å². The number of esters is 1. The Morgan fingerprint density at radius 1 is 1.00 bits per heavy atom. The van der Waals surface area contributed by atoms with Gasteiger partial charge >= 0.3 is 5.97 Å². The summed E-state index contributed by atoms with van der Waals surface area (Å²) >= 11 is 12.0. The topological polar surface area (TPSA) is 57.1 Å². The van der Waals surface area contributed by atoms with Crippen LogP contribution in [0.5, 0.6) is 11.5 Å². The molecule has 1 aliphatic heterocycles. The van der Waals surface area contributed by atoms with Crippen LogP contribution in [-0.4, -0.2) is 26.1 Å². The van der Waals surface area contributed by atoms with E-state index in [-0.39, 0.29) is 11.6 Å². The van der Waals surface area contributed by atoms with E-state index in [0.29, 0.717) is 21.5 Å². The van der Waals surface area contributed by atoms with Crippen molar-refractivity contribution in [3.8, 4) is 11.5 Å². The zero-order chi connectivity index (χ0) is 19.4. The van der Waals surface area contributed by atoms with Gasteiger partial charge in [0.15, 0.2) is 17.2 Å². The molecule has 0 N–H and O–H groups in total. The van der Waals surface area contributed by atoms with Gasteiger partial charge in [-0.15, -0.1) is 0 Å². The Balaban J connectivity index is 1.83. The highest BCUT2D eigenvalue weighted by atomic mass is 35.5. The smallest absolute Gasteiger partial charge is 0.363 e. The van der Waals surface area contributed by atoms with Gasteiger partial charge in [-0.3, -0.25) is 0 Å². The zero-order valence-corrected chi connectivity index (χ0v) is 16.0. The molecule has 2 aromatic rings. The Hall–Kier alpha value is -2.76. The van der Waals surface area contributed by atoms with Gasteiger partial charge in [-0.25, -0.2) is 9.79 Å². The summed E-state index contributed by atoms with van der Waals surface area (Å²) in [5.41, 5.74) is 1.65. The number of carbonyl (C=O) groups excluding carboxylic acids is 1. The molecule has 0 bridgehead atoms. The largest absolute Gasteiger partial charge is 0.493 e. The summed E-state index contributed by atoms with van der Waals surface area (Å²) < 4.78 is 15.6. The second-order valence-electron chi connectivity index (χ2n) is 5.48. The lowest BCUT2D eigenvalue weighted by atomic mass is 10.1. The third kappa shape index (κ3) is 4.51. The molecule has 3 rings (SSSR count). The molecular formula is C20H15Cl2NO4. The minimum absolute atomic E-state index is 0.178.